The van der Waals surface area contributed by atoms with Crippen LogP contribution in [-0.2, 0) is 6.54 Å². The first-order chi connectivity index (χ1) is 19.9. The summed E-state index contributed by atoms with van der Waals surface area (Å²) >= 11 is 0. The highest BCUT2D eigenvalue weighted by Crippen LogP contribution is 2.34. The van der Waals surface area contributed by atoms with Crippen LogP contribution in [0.3, 0.4) is 0 Å². The molecule has 0 aliphatic carbocycles. The highest BCUT2D eigenvalue weighted by atomic mass is 16.5. The predicted molar refractivity (Wildman–Crippen MR) is 167 cm³/mol. The Kier molecular flexibility index (Phi) is 6.98. The quantitative estimate of drug-likeness (QED) is 0.198. The molecule has 0 spiro atoms. The van der Waals surface area contributed by atoms with E-state index in [4.69, 9.17) is 14.8 Å². The molecule has 0 amide bonds. The highest BCUT2D eigenvalue weighted by Gasteiger charge is 2.18. The lowest BCUT2D eigenvalue weighted by molar-refractivity contribution is 0.407. The zero-order valence-corrected chi connectivity index (χ0v) is 23.7. The van der Waals surface area contributed by atoms with Gasteiger partial charge in [0.05, 0.1) is 24.2 Å². The third-order valence-electron chi connectivity index (χ3n) is 7.52. The van der Waals surface area contributed by atoms with E-state index in [-0.39, 0.29) is 11.5 Å². The number of rotatable bonds is 7. The van der Waals surface area contributed by atoms with Crippen molar-refractivity contribution in [3.63, 3.8) is 0 Å². The lowest BCUT2D eigenvalue weighted by Crippen LogP contribution is -2.20. The molecular weight excluding hydrogens is 508 g/mol. The molecular formula is C35H32N4O2. The maximum atomic E-state index is 13.9. The van der Waals surface area contributed by atoms with E-state index >= 15 is 0 Å². The van der Waals surface area contributed by atoms with Gasteiger partial charge in [0.25, 0.3) is 5.56 Å². The van der Waals surface area contributed by atoms with Crippen molar-refractivity contribution >= 4 is 28.0 Å². The van der Waals surface area contributed by atoms with Gasteiger partial charge in [-0.3, -0.25) is 4.79 Å². The zero-order valence-electron chi connectivity index (χ0n) is 23.7. The molecule has 0 fully saturated rings. The van der Waals surface area contributed by atoms with Crippen molar-refractivity contribution in [2.45, 2.75) is 33.2 Å². The molecule has 204 valence electrons. The number of hydrogen-bond donors (Lipinski definition) is 0. The van der Waals surface area contributed by atoms with Crippen LogP contribution >= 0.6 is 0 Å². The maximum absolute atomic E-state index is 13.9. The first-order valence-electron chi connectivity index (χ1n) is 13.8. The van der Waals surface area contributed by atoms with E-state index in [2.05, 4.69) is 67.1 Å². The summed E-state index contributed by atoms with van der Waals surface area (Å²) in [5.74, 6) is 1.55. The molecule has 0 radical (unpaired) electrons. The normalized spacial score (nSPS) is 11.7. The Balaban J connectivity index is 1.53. The van der Waals surface area contributed by atoms with Gasteiger partial charge in [-0.1, -0.05) is 74.5 Å². The van der Waals surface area contributed by atoms with Crippen molar-refractivity contribution < 1.29 is 4.74 Å². The van der Waals surface area contributed by atoms with Gasteiger partial charge in [0, 0.05) is 34.8 Å². The van der Waals surface area contributed by atoms with Crippen LogP contribution in [0.15, 0.2) is 107 Å². The second-order valence-corrected chi connectivity index (χ2v) is 10.6. The van der Waals surface area contributed by atoms with Crippen molar-refractivity contribution in [3.8, 4) is 17.1 Å². The number of fused-ring (bicyclic) bond motifs is 2. The molecule has 6 aromatic rings. The van der Waals surface area contributed by atoms with Gasteiger partial charge in [0.2, 0.25) is 0 Å². The summed E-state index contributed by atoms with van der Waals surface area (Å²) in [6.45, 7) is 7.00. The molecule has 41 heavy (non-hydrogen) atoms. The lowest BCUT2D eigenvalue weighted by Gasteiger charge is -2.17. The Morgan fingerprint density at radius 3 is 2.39 bits per heavy atom. The monoisotopic (exact) mass is 540 g/mol. The van der Waals surface area contributed by atoms with Gasteiger partial charge in [0.15, 0.2) is 5.82 Å². The summed E-state index contributed by atoms with van der Waals surface area (Å²) in [5.41, 5.74) is 6.53. The Labute approximate surface area is 239 Å². The number of aromatic nitrogens is 3. The summed E-state index contributed by atoms with van der Waals surface area (Å²) in [6, 6.07) is 30.1. The van der Waals surface area contributed by atoms with E-state index in [1.807, 2.05) is 49.4 Å². The molecule has 6 rings (SSSR count). The SMILES string of the molecule is COc1cc(C)c(-c2nc3ccccc3c(=O)n2N=Cc2cn(Cc3ccccc3)c3ccccc23)cc1C(C)C. The Morgan fingerprint density at radius 2 is 1.63 bits per heavy atom. The smallest absolute Gasteiger partial charge is 0.282 e. The number of aryl methyl sites for hydroxylation is 1. The van der Waals surface area contributed by atoms with Crippen LogP contribution in [0.2, 0.25) is 0 Å². The van der Waals surface area contributed by atoms with E-state index in [9.17, 15) is 4.79 Å². The molecule has 2 heterocycles. The summed E-state index contributed by atoms with van der Waals surface area (Å²) < 4.78 is 9.33. The molecule has 0 unspecified atom stereocenters. The maximum Gasteiger partial charge on any atom is 0.282 e. The number of benzene rings is 4. The van der Waals surface area contributed by atoms with Gasteiger partial charge in [-0.2, -0.15) is 9.78 Å². The van der Waals surface area contributed by atoms with Crippen LogP contribution in [0, 0.1) is 6.92 Å². The minimum Gasteiger partial charge on any atom is -0.496 e. The van der Waals surface area contributed by atoms with Crippen LogP contribution in [0.4, 0.5) is 0 Å². The lowest BCUT2D eigenvalue weighted by atomic mass is 9.96. The van der Waals surface area contributed by atoms with E-state index in [1.54, 1.807) is 19.4 Å². The first-order valence-corrected chi connectivity index (χ1v) is 13.8. The Morgan fingerprint density at radius 1 is 0.927 bits per heavy atom. The van der Waals surface area contributed by atoms with Crippen LogP contribution in [0.1, 0.15) is 42.0 Å². The second-order valence-electron chi connectivity index (χ2n) is 10.6. The van der Waals surface area contributed by atoms with Crippen LogP contribution in [-0.4, -0.2) is 27.6 Å². The average molecular weight is 541 g/mol. The summed E-state index contributed by atoms with van der Waals surface area (Å²) in [6.07, 6.45) is 3.86. The third-order valence-corrected chi connectivity index (χ3v) is 7.52. The zero-order chi connectivity index (χ0) is 28.5. The average Bonchev–Trinajstić information content (AvgIpc) is 3.34. The molecule has 0 atom stereocenters. The molecule has 4 aromatic carbocycles. The Hall–Kier alpha value is -4.97. The number of para-hydroxylation sites is 2. The molecule has 6 heteroatoms. The van der Waals surface area contributed by atoms with Crippen molar-refractivity contribution in [1.82, 2.24) is 14.2 Å². The molecule has 2 aromatic heterocycles. The third kappa shape index (κ3) is 4.93. The number of hydrogen-bond acceptors (Lipinski definition) is 4. The fourth-order valence-electron chi connectivity index (χ4n) is 5.38. The Bertz CT molecular complexity index is 1970. The summed E-state index contributed by atoms with van der Waals surface area (Å²) in [7, 11) is 1.68. The number of nitrogens with zero attached hydrogens (tertiary/aromatic N) is 4. The molecule has 0 N–H and O–H groups in total. The number of methoxy groups -OCH3 is 1. The molecule has 6 nitrogen and oxygen atoms in total. The van der Waals surface area contributed by atoms with Crippen molar-refractivity contribution in [2.24, 2.45) is 5.10 Å². The van der Waals surface area contributed by atoms with Crippen molar-refractivity contribution in [1.29, 1.82) is 0 Å². The minimum absolute atomic E-state index is 0.212. The van der Waals surface area contributed by atoms with Gasteiger partial charge < -0.3 is 9.30 Å². The standard InChI is InChI=1S/C35H32N4O2/c1-23(2)29-19-30(24(3)18-33(29)41-4)34-37-31-16-10-8-15-28(31)35(40)39(34)36-20-26-22-38(21-25-12-6-5-7-13-25)32-17-11-9-14-27(26)32/h5-20,22-23H,21H2,1-4H3. The molecule has 0 saturated heterocycles. The molecule has 0 aliphatic rings. The summed E-state index contributed by atoms with van der Waals surface area (Å²) in [5, 5.41) is 6.39. The van der Waals surface area contributed by atoms with Crippen LogP contribution in [0.5, 0.6) is 5.75 Å². The largest absolute Gasteiger partial charge is 0.496 e. The van der Waals surface area contributed by atoms with Gasteiger partial charge >= 0.3 is 0 Å². The fraction of sp³-hybridized carbons (Fsp3) is 0.171. The molecule has 0 bridgehead atoms. The fourth-order valence-corrected chi connectivity index (χ4v) is 5.38. The van der Waals surface area contributed by atoms with Crippen LogP contribution in [0.25, 0.3) is 33.2 Å². The molecule has 0 saturated carbocycles. The first kappa shape index (κ1) is 26.3. The summed E-state index contributed by atoms with van der Waals surface area (Å²) in [4.78, 5) is 18.8. The van der Waals surface area contributed by atoms with E-state index in [0.717, 1.165) is 45.5 Å². The van der Waals surface area contributed by atoms with Gasteiger partial charge in [0.1, 0.15) is 5.75 Å². The van der Waals surface area contributed by atoms with Crippen LogP contribution < -0.4 is 10.3 Å². The van der Waals surface area contributed by atoms with Gasteiger partial charge in [-0.05, 0) is 59.9 Å². The number of ether oxygens (including phenoxy) is 1. The van der Waals surface area contributed by atoms with Gasteiger partial charge in [-0.15, -0.1) is 0 Å². The van der Waals surface area contributed by atoms with E-state index in [0.29, 0.717) is 16.7 Å². The molecule has 0 aliphatic heterocycles. The van der Waals surface area contributed by atoms with Gasteiger partial charge in [-0.25, -0.2) is 4.98 Å². The topological polar surface area (TPSA) is 61.4 Å². The van der Waals surface area contributed by atoms with Crippen molar-refractivity contribution in [3.05, 3.63) is 130 Å². The predicted octanol–water partition coefficient (Wildman–Crippen LogP) is 7.39. The van der Waals surface area contributed by atoms with E-state index < -0.39 is 0 Å². The minimum atomic E-state index is -0.212. The second kappa shape index (κ2) is 10.9. The highest BCUT2D eigenvalue weighted by molar-refractivity contribution is 5.99. The van der Waals surface area contributed by atoms with E-state index in [1.165, 1.54) is 10.2 Å². The van der Waals surface area contributed by atoms with Crippen molar-refractivity contribution in [2.75, 3.05) is 7.11 Å².